The van der Waals surface area contributed by atoms with Crippen molar-refractivity contribution in [1.29, 1.82) is 0 Å². The van der Waals surface area contributed by atoms with Crippen LogP contribution in [0.15, 0.2) is 78.5 Å². The Hall–Kier alpha value is -3.19. The number of hydrogen-bond acceptors (Lipinski definition) is 5. The molecule has 7 heteroatoms. The summed E-state index contributed by atoms with van der Waals surface area (Å²) >= 11 is 1.33. The van der Waals surface area contributed by atoms with Gasteiger partial charge in [0.25, 0.3) is 0 Å². The second-order valence-corrected chi connectivity index (χ2v) is 6.50. The highest BCUT2D eigenvalue weighted by Gasteiger charge is 2.11. The van der Waals surface area contributed by atoms with Crippen molar-refractivity contribution in [2.24, 2.45) is 0 Å². The highest BCUT2D eigenvalue weighted by molar-refractivity contribution is 7.99. The zero-order valence-electron chi connectivity index (χ0n) is 13.7. The quantitative estimate of drug-likeness (QED) is 0.550. The minimum Gasteiger partial charge on any atom is -0.325 e. The van der Waals surface area contributed by atoms with E-state index < -0.39 is 0 Å². The first-order valence-corrected chi connectivity index (χ1v) is 9.01. The Bertz CT molecular complexity index is 1040. The number of thioether (sulfide) groups is 1. The highest BCUT2D eigenvalue weighted by Crippen LogP contribution is 2.24. The molecule has 2 heterocycles. The van der Waals surface area contributed by atoms with Gasteiger partial charge in [-0.3, -0.25) is 14.3 Å². The van der Waals surface area contributed by atoms with Gasteiger partial charge in [0.2, 0.25) is 5.91 Å². The number of amides is 1. The molecular formula is C19H15N5OS. The van der Waals surface area contributed by atoms with E-state index >= 15 is 0 Å². The summed E-state index contributed by atoms with van der Waals surface area (Å²) in [5.41, 5.74) is 1.66. The van der Waals surface area contributed by atoms with Crippen molar-refractivity contribution in [1.82, 2.24) is 19.7 Å². The fraction of sp³-hybridized carbons (Fsp3) is 0.0526. The lowest BCUT2D eigenvalue weighted by Crippen LogP contribution is -2.14. The van der Waals surface area contributed by atoms with E-state index in [9.17, 15) is 4.79 Å². The number of carbonyl (C=O) groups excluding carboxylic acids is 1. The molecule has 0 unspecified atom stereocenters. The molecule has 0 aliphatic rings. The normalized spacial score (nSPS) is 10.8. The fourth-order valence-electron chi connectivity index (χ4n) is 2.65. The molecule has 2 aromatic heterocycles. The molecule has 0 saturated heterocycles. The van der Waals surface area contributed by atoms with E-state index in [1.807, 2.05) is 59.2 Å². The first-order valence-electron chi connectivity index (χ1n) is 8.02. The Labute approximate surface area is 154 Å². The lowest BCUT2D eigenvalue weighted by molar-refractivity contribution is -0.113. The van der Waals surface area contributed by atoms with E-state index in [2.05, 4.69) is 20.5 Å². The van der Waals surface area contributed by atoms with Crippen LogP contribution in [-0.4, -0.2) is 31.4 Å². The van der Waals surface area contributed by atoms with Crippen LogP contribution < -0.4 is 5.32 Å². The summed E-state index contributed by atoms with van der Waals surface area (Å²) in [7, 11) is 0. The summed E-state index contributed by atoms with van der Waals surface area (Å²) in [5, 5.41) is 13.8. The van der Waals surface area contributed by atoms with Crippen LogP contribution in [0.5, 0.6) is 0 Å². The Morgan fingerprint density at radius 3 is 2.85 bits per heavy atom. The van der Waals surface area contributed by atoms with Crippen molar-refractivity contribution in [3.05, 3.63) is 73.3 Å². The minimum atomic E-state index is -0.0907. The number of carbonyl (C=O) groups is 1. The third-order valence-corrected chi connectivity index (χ3v) is 4.78. The lowest BCUT2D eigenvalue weighted by atomic mass is 10.1. The van der Waals surface area contributed by atoms with E-state index in [4.69, 9.17) is 0 Å². The maximum Gasteiger partial charge on any atom is 0.234 e. The number of fused-ring (bicyclic) bond motifs is 1. The molecule has 0 radical (unpaired) electrons. The van der Waals surface area contributed by atoms with E-state index in [-0.39, 0.29) is 11.7 Å². The summed E-state index contributed by atoms with van der Waals surface area (Å²) in [6, 6.07) is 17.6. The smallest absolute Gasteiger partial charge is 0.234 e. The maximum absolute atomic E-state index is 12.4. The number of nitrogens with one attached hydrogen (secondary N) is 1. The van der Waals surface area contributed by atoms with Gasteiger partial charge in [0.15, 0.2) is 5.16 Å². The molecule has 26 heavy (non-hydrogen) atoms. The van der Waals surface area contributed by atoms with Crippen molar-refractivity contribution in [2.75, 3.05) is 11.1 Å². The molecule has 0 spiro atoms. The van der Waals surface area contributed by atoms with Crippen LogP contribution in [0.3, 0.4) is 0 Å². The summed E-state index contributed by atoms with van der Waals surface area (Å²) < 4.78 is 1.81. The van der Waals surface area contributed by atoms with E-state index in [1.165, 1.54) is 11.8 Å². The second kappa shape index (κ2) is 7.37. The monoisotopic (exact) mass is 361 g/mol. The fourth-order valence-corrected chi connectivity index (χ4v) is 3.38. The zero-order valence-corrected chi connectivity index (χ0v) is 14.6. The van der Waals surface area contributed by atoms with Crippen LogP contribution in [0, 0.1) is 0 Å². The molecule has 4 aromatic rings. The first-order chi connectivity index (χ1) is 12.8. The van der Waals surface area contributed by atoms with Crippen LogP contribution >= 0.6 is 11.8 Å². The summed E-state index contributed by atoms with van der Waals surface area (Å²) in [6.45, 7) is 0. The number of rotatable bonds is 5. The van der Waals surface area contributed by atoms with Crippen molar-refractivity contribution < 1.29 is 4.79 Å². The number of benzene rings is 2. The molecule has 1 N–H and O–H groups in total. The summed E-state index contributed by atoms with van der Waals surface area (Å²) in [6.07, 6.45) is 5.05. The molecule has 6 nitrogen and oxygen atoms in total. The molecule has 0 bridgehead atoms. The van der Waals surface area contributed by atoms with Crippen molar-refractivity contribution >= 4 is 34.1 Å². The molecule has 0 atom stereocenters. The maximum atomic E-state index is 12.4. The third kappa shape index (κ3) is 3.43. The van der Waals surface area contributed by atoms with Gasteiger partial charge in [-0.15, -0.1) is 10.2 Å². The molecule has 0 fully saturated rings. The van der Waals surface area contributed by atoms with Gasteiger partial charge in [0, 0.05) is 17.3 Å². The largest absolute Gasteiger partial charge is 0.325 e. The van der Waals surface area contributed by atoms with Gasteiger partial charge in [-0.2, -0.15) is 0 Å². The molecule has 0 saturated carbocycles. The van der Waals surface area contributed by atoms with Gasteiger partial charge in [0.05, 0.1) is 17.6 Å². The molecular weight excluding hydrogens is 346 g/mol. The molecule has 4 rings (SSSR count). The molecule has 128 valence electrons. The Morgan fingerprint density at radius 1 is 1.08 bits per heavy atom. The number of nitrogens with zero attached hydrogens (tertiary/aromatic N) is 4. The summed E-state index contributed by atoms with van der Waals surface area (Å²) in [4.78, 5) is 16.5. The molecule has 1 amide bonds. The van der Waals surface area contributed by atoms with Crippen molar-refractivity contribution in [3.63, 3.8) is 0 Å². The van der Waals surface area contributed by atoms with E-state index in [1.54, 1.807) is 18.7 Å². The van der Waals surface area contributed by atoms with Crippen LogP contribution in [0.2, 0.25) is 0 Å². The first kappa shape index (κ1) is 16.3. The Kier molecular flexibility index (Phi) is 4.61. The highest BCUT2D eigenvalue weighted by atomic mass is 32.2. The van der Waals surface area contributed by atoms with Gasteiger partial charge in [-0.1, -0.05) is 48.2 Å². The van der Waals surface area contributed by atoms with E-state index in [0.717, 1.165) is 22.1 Å². The van der Waals surface area contributed by atoms with Crippen LogP contribution in [-0.2, 0) is 4.79 Å². The molecule has 0 aliphatic carbocycles. The van der Waals surface area contributed by atoms with Crippen LogP contribution in [0.25, 0.3) is 16.5 Å². The van der Waals surface area contributed by atoms with Crippen molar-refractivity contribution in [3.8, 4) is 5.69 Å². The average Bonchev–Trinajstić information content (AvgIpc) is 3.16. The average molecular weight is 361 g/mol. The summed E-state index contributed by atoms with van der Waals surface area (Å²) in [5.74, 6) is 0.148. The topological polar surface area (TPSA) is 72.7 Å². The number of anilines is 1. The van der Waals surface area contributed by atoms with Gasteiger partial charge >= 0.3 is 0 Å². The lowest BCUT2D eigenvalue weighted by Gasteiger charge is -2.09. The van der Waals surface area contributed by atoms with E-state index in [0.29, 0.717) is 5.16 Å². The number of pyridine rings is 1. The van der Waals surface area contributed by atoms with Crippen LogP contribution in [0.4, 0.5) is 5.69 Å². The number of hydrogen-bond donors (Lipinski definition) is 1. The molecule has 2 aromatic carbocycles. The molecule has 0 aliphatic heterocycles. The van der Waals surface area contributed by atoms with Gasteiger partial charge < -0.3 is 5.32 Å². The predicted molar refractivity (Wildman–Crippen MR) is 102 cm³/mol. The van der Waals surface area contributed by atoms with Gasteiger partial charge in [-0.25, -0.2) is 0 Å². The number of aromatic nitrogens is 4. The SMILES string of the molecule is O=C(CSc1nncn1-c1cccnc1)Nc1cccc2ccccc12. The van der Waals surface area contributed by atoms with Gasteiger partial charge in [0.1, 0.15) is 6.33 Å². The Balaban J connectivity index is 1.46. The predicted octanol–water partition coefficient (Wildman–Crippen LogP) is 3.55. The zero-order chi connectivity index (χ0) is 17.8. The standard InChI is InChI=1S/C19H15N5OS/c25-18(22-17-9-3-6-14-5-1-2-8-16(14)17)12-26-19-23-21-13-24(19)15-7-4-10-20-11-15/h1-11,13H,12H2,(H,22,25). The van der Waals surface area contributed by atoms with Crippen molar-refractivity contribution in [2.45, 2.75) is 5.16 Å². The Morgan fingerprint density at radius 2 is 1.96 bits per heavy atom. The second-order valence-electron chi connectivity index (χ2n) is 5.56. The van der Waals surface area contributed by atoms with Gasteiger partial charge in [-0.05, 0) is 23.6 Å². The minimum absolute atomic E-state index is 0.0907. The van der Waals surface area contributed by atoms with Crippen LogP contribution in [0.1, 0.15) is 0 Å². The third-order valence-electron chi connectivity index (χ3n) is 3.84.